The van der Waals surface area contributed by atoms with Crippen molar-refractivity contribution in [2.24, 2.45) is 0 Å². The van der Waals surface area contributed by atoms with E-state index < -0.39 is 0 Å². The first kappa shape index (κ1) is 16.4. The standard InChI is InChI=1S/C17H21O3/c1-2-3-5-11-16(20-14-18)12-8-13-17(19)15-9-6-4-7-10-15/h4,6-10,12-14,16H,2-3,5,11H2,1H3. The van der Waals surface area contributed by atoms with Gasteiger partial charge < -0.3 is 4.74 Å². The number of hydrogen-bond acceptors (Lipinski definition) is 3. The number of benzene rings is 1. The van der Waals surface area contributed by atoms with E-state index in [2.05, 4.69) is 6.92 Å². The van der Waals surface area contributed by atoms with Gasteiger partial charge in [0.2, 0.25) is 0 Å². The fourth-order valence-electron chi connectivity index (χ4n) is 1.84. The maximum atomic E-state index is 11.8. The number of carbonyl (C=O) groups excluding carboxylic acids is 2. The van der Waals surface area contributed by atoms with Crippen LogP contribution in [0.1, 0.15) is 43.0 Å². The van der Waals surface area contributed by atoms with Crippen molar-refractivity contribution in [3.8, 4) is 0 Å². The van der Waals surface area contributed by atoms with Crippen LogP contribution in [-0.2, 0) is 9.53 Å². The summed E-state index contributed by atoms with van der Waals surface area (Å²) in [5.74, 6) is -0.0553. The van der Waals surface area contributed by atoms with Crippen LogP contribution < -0.4 is 0 Å². The lowest BCUT2D eigenvalue weighted by Gasteiger charge is -2.13. The van der Waals surface area contributed by atoms with Crippen LogP contribution in [0.15, 0.2) is 30.3 Å². The summed E-state index contributed by atoms with van der Waals surface area (Å²) in [6.45, 7) is 2.58. The Morgan fingerprint density at radius 3 is 2.65 bits per heavy atom. The quantitative estimate of drug-likeness (QED) is 0.351. The third kappa shape index (κ3) is 6.50. The van der Waals surface area contributed by atoms with Crippen molar-refractivity contribution >= 4 is 12.3 Å². The first-order chi connectivity index (χ1) is 9.77. The molecule has 3 nitrogen and oxygen atoms in total. The van der Waals surface area contributed by atoms with Crippen molar-refractivity contribution in [1.82, 2.24) is 0 Å². The smallest absolute Gasteiger partial charge is 0.293 e. The summed E-state index contributed by atoms with van der Waals surface area (Å²) in [5.41, 5.74) is 0.649. The molecule has 1 rings (SSSR count). The molecule has 3 radical (unpaired) electrons. The van der Waals surface area contributed by atoms with E-state index in [0.717, 1.165) is 25.7 Å². The van der Waals surface area contributed by atoms with Crippen molar-refractivity contribution in [1.29, 1.82) is 0 Å². The fourth-order valence-corrected chi connectivity index (χ4v) is 1.84. The average Bonchev–Trinajstić information content (AvgIpc) is 2.48. The lowest BCUT2D eigenvalue weighted by molar-refractivity contribution is -0.132. The van der Waals surface area contributed by atoms with Crippen LogP contribution >= 0.6 is 0 Å². The number of Topliss-reactive ketones (excluding diaryl/α,β-unsaturated/α-hetero) is 1. The Morgan fingerprint density at radius 2 is 2.00 bits per heavy atom. The molecule has 1 atom stereocenters. The number of rotatable bonds is 11. The molecule has 0 aliphatic carbocycles. The summed E-state index contributed by atoms with van der Waals surface area (Å²) in [6, 6.07) is 9.07. The van der Waals surface area contributed by atoms with Crippen molar-refractivity contribution in [3.63, 3.8) is 0 Å². The highest BCUT2D eigenvalue weighted by Crippen LogP contribution is 2.12. The zero-order valence-electron chi connectivity index (χ0n) is 11.8. The minimum Gasteiger partial charge on any atom is -0.464 e. The zero-order valence-corrected chi connectivity index (χ0v) is 11.8. The second-order valence-corrected chi connectivity index (χ2v) is 4.55. The van der Waals surface area contributed by atoms with Gasteiger partial charge in [0.05, 0.1) is 0 Å². The molecule has 1 aromatic rings. The van der Waals surface area contributed by atoms with Crippen LogP contribution in [0.25, 0.3) is 0 Å². The largest absolute Gasteiger partial charge is 0.464 e. The Balaban J connectivity index is 2.29. The van der Waals surface area contributed by atoms with Gasteiger partial charge in [0.1, 0.15) is 6.10 Å². The third-order valence-corrected chi connectivity index (χ3v) is 2.95. The minimum absolute atomic E-state index is 0.0553. The molecular formula is C17H21O3. The van der Waals surface area contributed by atoms with Crippen LogP contribution in [0.3, 0.4) is 0 Å². The molecule has 0 aromatic heterocycles. The fraction of sp³-hybridized carbons (Fsp3) is 0.353. The van der Waals surface area contributed by atoms with Crippen LogP contribution in [0.4, 0.5) is 0 Å². The van der Waals surface area contributed by atoms with E-state index in [1.165, 1.54) is 6.42 Å². The summed E-state index contributed by atoms with van der Waals surface area (Å²) < 4.78 is 4.98. The minimum atomic E-state index is -0.251. The predicted molar refractivity (Wildman–Crippen MR) is 78.8 cm³/mol. The van der Waals surface area contributed by atoms with E-state index in [9.17, 15) is 9.59 Å². The van der Waals surface area contributed by atoms with Gasteiger partial charge in [-0.15, -0.1) is 0 Å². The van der Waals surface area contributed by atoms with Gasteiger partial charge in [0, 0.05) is 18.4 Å². The molecule has 0 fully saturated rings. The van der Waals surface area contributed by atoms with Crippen molar-refractivity contribution in [3.05, 3.63) is 55.2 Å². The van der Waals surface area contributed by atoms with Crippen LogP contribution in [-0.4, -0.2) is 18.4 Å². The summed E-state index contributed by atoms with van der Waals surface area (Å²) in [6.07, 6.45) is 8.69. The first-order valence-electron chi connectivity index (χ1n) is 6.98. The summed E-state index contributed by atoms with van der Waals surface area (Å²) in [4.78, 5) is 22.3. The number of unbranched alkanes of at least 4 members (excludes halogenated alkanes) is 2. The van der Waals surface area contributed by atoms with Gasteiger partial charge in [-0.1, -0.05) is 50.1 Å². The highest BCUT2D eigenvalue weighted by molar-refractivity contribution is 6.03. The first-order valence-corrected chi connectivity index (χ1v) is 6.98. The highest BCUT2D eigenvalue weighted by Gasteiger charge is 2.12. The Bertz CT molecular complexity index is 386. The third-order valence-electron chi connectivity index (χ3n) is 2.95. The molecule has 3 heteroatoms. The zero-order chi connectivity index (χ0) is 14.6. The van der Waals surface area contributed by atoms with Gasteiger partial charge in [-0.25, -0.2) is 0 Å². The number of ketones is 1. The average molecular weight is 273 g/mol. The number of hydrogen-bond donors (Lipinski definition) is 0. The van der Waals surface area contributed by atoms with E-state index in [4.69, 9.17) is 4.74 Å². The Hall–Kier alpha value is -1.64. The molecule has 0 amide bonds. The molecule has 20 heavy (non-hydrogen) atoms. The van der Waals surface area contributed by atoms with Crippen molar-refractivity contribution in [2.45, 2.75) is 38.7 Å². The molecule has 0 aliphatic rings. The molecule has 1 aromatic carbocycles. The number of carbonyl (C=O) groups is 2. The Labute approximate surface area is 121 Å². The topological polar surface area (TPSA) is 43.4 Å². The Morgan fingerprint density at radius 1 is 1.25 bits per heavy atom. The summed E-state index contributed by atoms with van der Waals surface area (Å²) >= 11 is 0. The van der Waals surface area contributed by atoms with Gasteiger partial charge in [0.15, 0.2) is 5.78 Å². The molecule has 1 unspecified atom stereocenters. The molecule has 0 heterocycles. The van der Waals surface area contributed by atoms with Crippen LogP contribution in [0, 0.1) is 19.3 Å². The highest BCUT2D eigenvalue weighted by atomic mass is 16.5. The maximum Gasteiger partial charge on any atom is 0.293 e. The second kappa shape index (κ2) is 10.2. The van der Waals surface area contributed by atoms with Gasteiger partial charge in [-0.3, -0.25) is 9.59 Å². The lowest BCUT2D eigenvalue weighted by Crippen LogP contribution is -2.14. The van der Waals surface area contributed by atoms with E-state index in [0.29, 0.717) is 12.0 Å². The Kier molecular flexibility index (Phi) is 8.36. The van der Waals surface area contributed by atoms with E-state index >= 15 is 0 Å². The van der Waals surface area contributed by atoms with Gasteiger partial charge in [-0.2, -0.15) is 0 Å². The molecule has 0 saturated heterocycles. The van der Waals surface area contributed by atoms with Crippen LogP contribution in [0.5, 0.6) is 0 Å². The molecule has 107 valence electrons. The van der Waals surface area contributed by atoms with E-state index in [1.54, 1.807) is 25.0 Å². The van der Waals surface area contributed by atoms with Crippen molar-refractivity contribution in [2.75, 3.05) is 0 Å². The van der Waals surface area contributed by atoms with Gasteiger partial charge >= 0.3 is 0 Å². The molecular weight excluding hydrogens is 252 g/mol. The molecule has 0 N–H and O–H groups in total. The summed E-state index contributed by atoms with van der Waals surface area (Å²) in [7, 11) is 0. The molecule has 0 aliphatic heterocycles. The van der Waals surface area contributed by atoms with E-state index in [-0.39, 0.29) is 11.9 Å². The predicted octanol–water partition coefficient (Wildman–Crippen LogP) is 3.60. The van der Waals surface area contributed by atoms with E-state index in [1.807, 2.05) is 18.2 Å². The normalized spacial score (nSPS) is 11.8. The van der Waals surface area contributed by atoms with Gasteiger partial charge in [0.25, 0.3) is 6.47 Å². The van der Waals surface area contributed by atoms with Crippen molar-refractivity contribution < 1.29 is 14.3 Å². The molecule has 0 saturated carbocycles. The monoisotopic (exact) mass is 273 g/mol. The van der Waals surface area contributed by atoms with Gasteiger partial charge in [-0.05, 0) is 19.3 Å². The second-order valence-electron chi connectivity index (χ2n) is 4.55. The summed E-state index contributed by atoms with van der Waals surface area (Å²) in [5, 5.41) is 0. The SMILES string of the molecule is CCCCCC([CH][CH][CH]C(=O)c1ccccc1)OC=O. The maximum absolute atomic E-state index is 11.8. The lowest BCUT2D eigenvalue weighted by atomic mass is 10.0. The molecule has 0 bridgehead atoms. The number of ether oxygens (including phenoxy) is 1. The van der Waals surface area contributed by atoms with Crippen LogP contribution in [0.2, 0.25) is 0 Å². The molecule has 0 spiro atoms.